The number of ether oxygens (including phenoxy) is 2. The Morgan fingerprint density at radius 3 is 2.56 bits per heavy atom. The lowest BCUT2D eigenvalue weighted by Gasteiger charge is -2.38. The van der Waals surface area contributed by atoms with Gasteiger partial charge < -0.3 is 9.47 Å². The number of carbonyl (C=O) groups excluding carboxylic acids is 1. The van der Waals surface area contributed by atoms with Crippen molar-refractivity contribution in [1.29, 1.82) is 0 Å². The summed E-state index contributed by atoms with van der Waals surface area (Å²) in [7, 11) is 0. The second-order valence-electron chi connectivity index (χ2n) is 7.88. The average molecular weight is 380 g/mol. The van der Waals surface area contributed by atoms with E-state index in [4.69, 9.17) is 21.7 Å². The lowest BCUT2D eigenvalue weighted by molar-refractivity contribution is -0.00820. The van der Waals surface area contributed by atoms with Gasteiger partial charge in [0.1, 0.15) is 17.2 Å². The third-order valence-electron chi connectivity index (χ3n) is 5.11. The Morgan fingerprint density at radius 1 is 1.32 bits per heavy atom. The smallest absolute Gasteiger partial charge is 0.411 e. The Kier molecular flexibility index (Phi) is 4.57. The lowest BCUT2D eigenvalue weighted by atomic mass is 9.76. The van der Waals surface area contributed by atoms with E-state index in [1.807, 2.05) is 44.1 Å². The van der Waals surface area contributed by atoms with Gasteiger partial charge in [-0.2, -0.15) is 0 Å². The van der Waals surface area contributed by atoms with E-state index in [2.05, 4.69) is 26.0 Å². The molecule has 0 unspecified atom stereocenters. The van der Waals surface area contributed by atoms with Gasteiger partial charge in [0.05, 0.1) is 6.04 Å². The van der Waals surface area contributed by atoms with Gasteiger partial charge in [-0.25, -0.2) is 4.79 Å². The van der Waals surface area contributed by atoms with E-state index < -0.39 is 11.1 Å². The Balaban J connectivity index is 2.06. The summed E-state index contributed by atoms with van der Waals surface area (Å²) in [6, 6.07) is 8.14. The van der Waals surface area contributed by atoms with Crippen molar-refractivity contribution >= 4 is 34.5 Å². The highest BCUT2D eigenvalue weighted by Crippen LogP contribution is 2.60. The SMILES string of the molecule is CSC(=S)O[C@H]1[C@H](C)[C@@H]2c3ccccc3[C@@]1(C)N2C(=O)OC(C)(C)C. The molecule has 4 nitrogen and oxygen atoms in total. The number of benzene rings is 1. The predicted octanol–water partition coefficient (Wildman–Crippen LogP) is 4.88. The third-order valence-corrected chi connectivity index (χ3v) is 6.14. The van der Waals surface area contributed by atoms with E-state index in [9.17, 15) is 4.79 Å². The molecule has 3 rings (SSSR count). The number of thioether (sulfide) groups is 1. The number of nitrogens with zero attached hydrogens (tertiary/aromatic N) is 1. The molecule has 2 aliphatic rings. The first-order chi connectivity index (χ1) is 11.6. The number of thiocarbonyl (C=S) groups is 1. The second kappa shape index (κ2) is 6.16. The maximum atomic E-state index is 13.1. The molecule has 0 aromatic heterocycles. The fourth-order valence-corrected chi connectivity index (χ4v) is 4.55. The van der Waals surface area contributed by atoms with E-state index in [0.29, 0.717) is 4.38 Å². The Bertz CT molecular complexity index is 715. The van der Waals surface area contributed by atoms with E-state index in [0.717, 1.165) is 5.56 Å². The van der Waals surface area contributed by atoms with Crippen LogP contribution in [0.15, 0.2) is 24.3 Å². The van der Waals surface area contributed by atoms with Crippen LogP contribution in [0.2, 0.25) is 0 Å². The Hall–Kier alpha value is -1.27. The van der Waals surface area contributed by atoms with Gasteiger partial charge in [-0.15, -0.1) is 0 Å². The van der Waals surface area contributed by atoms with Gasteiger partial charge in [-0.1, -0.05) is 43.0 Å². The third kappa shape index (κ3) is 2.83. The van der Waals surface area contributed by atoms with E-state index >= 15 is 0 Å². The van der Waals surface area contributed by atoms with Crippen molar-refractivity contribution in [3.8, 4) is 0 Å². The summed E-state index contributed by atoms with van der Waals surface area (Å²) in [5, 5.41) is 0. The van der Waals surface area contributed by atoms with Crippen LogP contribution in [-0.4, -0.2) is 33.3 Å². The minimum absolute atomic E-state index is 0.0642. The number of carbonyl (C=O) groups is 1. The van der Waals surface area contributed by atoms with E-state index in [-0.39, 0.29) is 24.2 Å². The molecule has 1 fully saturated rings. The summed E-state index contributed by atoms with van der Waals surface area (Å²) >= 11 is 6.72. The van der Waals surface area contributed by atoms with Crippen molar-refractivity contribution < 1.29 is 14.3 Å². The molecular weight excluding hydrogens is 354 g/mol. The Labute approximate surface area is 159 Å². The first-order valence-corrected chi connectivity index (χ1v) is 10.1. The number of rotatable bonds is 1. The summed E-state index contributed by atoms with van der Waals surface area (Å²) in [4.78, 5) is 14.9. The molecule has 136 valence electrons. The van der Waals surface area contributed by atoms with Gasteiger partial charge >= 0.3 is 6.09 Å². The molecule has 2 aliphatic heterocycles. The average Bonchev–Trinajstić information content (AvgIpc) is 2.91. The molecule has 1 aromatic carbocycles. The van der Waals surface area contributed by atoms with Crippen LogP contribution in [0.3, 0.4) is 0 Å². The van der Waals surface area contributed by atoms with Crippen LogP contribution in [0.5, 0.6) is 0 Å². The van der Waals surface area contributed by atoms with Crippen LogP contribution in [0.4, 0.5) is 4.79 Å². The van der Waals surface area contributed by atoms with Crippen molar-refractivity contribution in [3.05, 3.63) is 35.4 Å². The maximum absolute atomic E-state index is 13.1. The van der Waals surface area contributed by atoms with Crippen molar-refractivity contribution in [3.63, 3.8) is 0 Å². The molecule has 0 spiro atoms. The summed E-state index contributed by atoms with van der Waals surface area (Å²) in [5.41, 5.74) is 1.16. The normalized spacial score (nSPS) is 30.2. The van der Waals surface area contributed by atoms with Crippen LogP contribution >= 0.6 is 24.0 Å². The van der Waals surface area contributed by atoms with E-state index in [1.54, 1.807) is 0 Å². The van der Waals surface area contributed by atoms with Gasteiger partial charge in [0.2, 0.25) is 4.38 Å². The molecule has 0 saturated carbocycles. The largest absolute Gasteiger partial charge is 0.472 e. The maximum Gasteiger partial charge on any atom is 0.411 e. The first kappa shape index (κ1) is 18.5. The van der Waals surface area contributed by atoms with Crippen molar-refractivity contribution in [2.24, 2.45) is 5.92 Å². The fraction of sp³-hybridized carbons (Fsp3) is 0.579. The number of hydrogen-bond donors (Lipinski definition) is 0. The van der Waals surface area contributed by atoms with Crippen molar-refractivity contribution in [2.75, 3.05) is 6.26 Å². The fourth-order valence-electron chi connectivity index (χ4n) is 4.25. The van der Waals surface area contributed by atoms with Gasteiger partial charge in [-0.3, -0.25) is 4.90 Å². The molecule has 0 N–H and O–H groups in total. The van der Waals surface area contributed by atoms with Gasteiger partial charge in [0, 0.05) is 5.92 Å². The van der Waals surface area contributed by atoms with Crippen molar-refractivity contribution in [2.45, 2.75) is 57.9 Å². The van der Waals surface area contributed by atoms with Crippen molar-refractivity contribution in [1.82, 2.24) is 4.90 Å². The standard InChI is InChI=1S/C19H25NO3S2/c1-11-14-12-9-7-8-10-13(12)19(5,15(11)22-17(24)25-6)20(14)16(21)23-18(2,3)4/h7-11,14-15H,1-6H3/t11-,14-,15+,19-/m1/s1. The molecule has 6 heteroatoms. The molecule has 0 aliphatic carbocycles. The minimum Gasteiger partial charge on any atom is -0.472 e. The Morgan fingerprint density at radius 2 is 1.96 bits per heavy atom. The molecule has 1 saturated heterocycles. The van der Waals surface area contributed by atoms with Crippen LogP contribution in [0.1, 0.15) is 51.8 Å². The molecule has 2 heterocycles. The lowest BCUT2D eigenvalue weighted by Crippen LogP contribution is -2.48. The summed E-state index contributed by atoms with van der Waals surface area (Å²) in [6.07, 6.45) is 1.41. The minimum atomic E-state index is -0.594. The molecule has 0 radical (unpaired) electrons. The molecule has 1 amide bonds. The van der Waals surface area contributed by atoms with Crippen LogP contribution in [0.25, 0.3) is 0 Å². The zero-order chi connectivity index (χ0) is 18.6. The highest BCUT2D eigenvalue weighted by molar-refractivity contribution is 8.22. The highest BCUT2D eigenvalue weighted by Gasteiger charge is 2.66. The zero-order valence-corrected chi connectivity index (χ0v) is 17.2. The molecule has 2 bridgehead atoms. The second-order valence-corrected chi connectivity index (χ2v) is 9.29. The van der Waals surface area contributed by atoms with E-state index in [1.165, 1.54) is 17.3 Å². The monoisotopic (exact) mass is 379 g/mol. The van der Waals surface area contributed by atoms with Crippen LogP contribution < -0.4 is 0 Å². The summed E-state index contributed by atoms with van der Waals surface area (Å²) in [6.45, 7) is 9.85. The number of amides is 1. The molecule has 4 atom stereocenters. The first-order valence-electron chi connectivity index (χ1n) is 8.47. The summed E-state index contributed by atoms with van der Waals surface area (Å²) < 4.78 is 12.3. The molecule has 25 heavy (non-hydrogen) atoms. The highest BCUT2D eigenvalue weighted by atomic mass is 32.2. The number of fused-ring (bicyclic) bond motifs is 5. The van der Waals surface area contributed by atoms with Gasteiger partial charge in [0.25, 0.3) is 0 Å². The summed E-state index contributed by atoms with van der Waals surface area (Å²) in [5.74, 6) is 0.123. The quantitative estimate of drug-likeness (QED) is 0.651. The zero-order valence-electron chi connectivity index (χ0n) is 15.5. The topological polar surface area (TPSA) is 38.8 Å². The van der Waals surface area contributed by atoms with Gasteiger partial charge in [-0.05, 0) is 57.3 Å². The van der Waals surface area contributed by atoms with Gasteiger partial charge in [0.15, 0.2) is 0 Å². The predicted molar refractivity (Wildman–Crippen MR) is 105 cm³/mol. The van der Waals surface area contributed by atoms with Crippen LogP contribution in [0, 0.1) is 5.92 Å². The van der Waals surface area contributed by atoms with Crippen LogP contribution in [-0.2, 0) is 15.0 Å². The molecular formula is C19H25NO3S2. The number of hydrogen-bond acceptors (Lipinski definition) is 5. The molecule has 1 aromatic rings.